The average molecular weight is 308 g/mol. The molecule has 0 radical (unpaired) electrons. The minimum absolute atomic E-state index is 0.0291. The van der Waals surface area contributed by atoms with Crippen molar-refractivity contribution in [1.82, 2.24) is 19.7 Å². The van der Waals surface area contributed by atoms with Gasteiger partial charge in [0.15, 0.2) is 5.16 Å². The van der Waals surface area contributed by atoms with Gasteiger partial charge in [0.25, 0.3) is 5.56 Å². The molecule has 0 fully saturated rings. The zero-order valence-corrected chi connectivity index (χ0v) is 12.6. The Morgan fingerprint density at radius 3 is 2.95 bits per heavy atom. The normalized spacial score (nSPS) is 11.3. The summed E-state index contributed by atoms with van der Waals surface area (Å²) >= 11 is 2.88. The summed E-state index contributed by atoms with van der Waals surface area (Å²) in [5.41, 5.74) is -0.0291. The number of hydrogen-bond acceptors (Lipinski definition) is 7. The standard InChI is InChI=1S/C12H12N4O2S2/c1-3-8-14-15-9(18-8)6-20-12-13-10-7(4-5-19-10)11(17)16(12)2/h4-5H,3,6H2,1-2H3. The Hall–Kier alpha value is -1.67. The van der Waals surface area contributed by atoms with Crippen LogP contribution >= 0.6 is 23.1 Å². The first-order valence-electron chi connectivity index (χ1n) is 6.07. The Balaban J connectivity index is 1.87. The van der Waals surface area contributed by atoms with Crippen LogP contribution in [0.25, 0.3) is 10.2 Å². The Bertz CT molecular complexity index is 805. The van der Waals surface area contributed by atoms with Crippen LogP contribution in [0.1, 0.15) is 18.7 Å². The molecule has 8 heteroatoms. The van der Waals surface area contributed by atoms with E-state index in [4.69, 9.17) is 4.42 Å². The topological polar surface area (TPSA) is 73.8 Å². The van der Waals surface area contributed by atoms with Crippen LogP contribution in [0.5, 0.6) is 0 Å². The Morgan fingerprint density at radius 2 is 2.20 bits per heavy atom. The van der Waals surface area contributed by atoms with Crippen LogP contribution in [-0.4, -0.2) is 19.7 Å². The SMILES string of the molecule is CCc1nnc(CSc2nc3sccc3c(=O)n2C)o1. The highest BCUT2D eigenvalue weighted by molar-refractivity contribution is 7.98. The highest BCUT2D eigenvalue weighted by atomic mass is 32.2. The van der Waals surface area contributed by atoms with Crippen LogP contribution in [0.4, 0.5) is 0 Å². The van der Waals surface area contributed by atoms with E-state index in [2.05, 4.69) is 15.2 Å². The van der Waals surface area contributed by atoms with Crippen molar-refractivity contribution >= 4 is 33.3 Å². The third kappa shape index (κ3) is 2.36. The maximum absolute atomic E-state index is 12.1. The summed E-state index contributed by atoms with van der Waals surface area (Å²) in [7, 11) is 1.72. The fourth-order valence-electron chi connectivity index (χ4n) is 1.72. The molecule has 20 heavy (non-hydrogen) atoms. The summed E-state index contributed by atoms with van der Waals surface area (Å²) in [5, 5.41) is 11.1. The molecule has 3 aromatic rings. The third-order valence-electron chi connectivity index (χ3n) is 2.80. The minimum Gasteiger partial charge on any atom is -0.424 e. The van der Waals surface area contributed by atoms with E-state index in [1.54, 1.807) is 17.7 Å². The van der Waals surface area contributed by atoms with Crippen molar-refractivity contribution in [2.45, 2.75) is 24.3 Å². The number of fused-ring (bicyclic) bond motifs is 1. The number of thioether (sulfide) groups is 1. The molecule has 0 bridgehead atoms. The highest BCUT2D eigenvalue weighted by Gasteiger charge is 2.11. The van der Waals surface area contributed by atoms with Crippen LogP contribution in [0.15, 0.2) is 25.8 Å². The van der Waals surface area contributed by atoms with Crippen LogP contribution in [-0.2, 0) is 19.2 Å². The summed E-state index contributed by atoms with van der Waals surface area (Å²) in [6.45, 7) is 1.96. The van der Waals surface area contributed by atoms with Gasteiger partial charge in [0.2, 0.25) is 11.8 Å². The van der Waals surface area contributed by atoms with Gasteiger partial charge in [-0.1, -0.05) is 18.7 Å². The molecule has 0 aliphatic heterocycles. The van der Waals surface area contributed by atoms with Crippen molar-refractivity contribution in [2.24, 2.45) is 7.05 Å². The molecule has 3 rings (SSSR count). The molecule has 0 aliphatic carbocycles. The molecule has 6 nitrogen and oxygen atoms in total. The molecule has 3 aromatic heterocycles. The number of hydrogen-bond donors (Lipinski definition) is 0. The zero-order chi connectivity index (χ0) is 14.1. The lowest BCUT2D eigenvalue weighted by molar-refractivity contribution is 0.469. The second kappa shape index (κ2) is 5.37. The molecule has 0 spiro atoms. The van der Waals surface area contributed by atoms with Crippen LogP contribution in [0.2, 0.25) is 0 Å². The van der Waals surface area contributed by atoms with Gasteiger partial charge in [-0.15, -0.1) is 21.5 Å². The largest absolute Gasteiger partial charge is 0.424 e. The third-order valence-corrected chi connectivity index (χ3v) is 4.62. The van der Waals surface area contributed by atoms with Crippen LogP contribution in [0.3, 0.4) is 0 Å². The van der Waals surface area contributed by atoms with E-state index in [0.29, 0.717) is 28.1 Å². The van der Waals surface area contributed by atoms with Gasteiger partial charge in [-0.05, 0) is 11.4 Å². The van der Waals surface area contributed by atoms with Crippen molar-refractivity contribution in [3.63, 3.8) is 0 Å². The van der Waals surface area contributed by atoms with Gasteiger partial charge in [-0.2, -0.15) is 0 Å². The maximum atomic E-state index is 12.1. The quantitative estimate of drug-likeness (QED) is 0.543. The molecule has 0 saturated heterocycles. The fourth-order valence-corrected chi connectivity index (χ4v) is 3.34. The summed E-state index contributed by atoms with van der Waals surface area (Å²) < 4.78 is 6.99. The van der Waals surface area contributed by atoms with E-state index in [-0.39, 0.29) is 5.56 Å². The Kier molecular flexibility index (Phi) is 3.58. The van der Waals surface area contributed by atoms with E-state index in [1.165, 1.54) is 23.1 Å². The van der Waals surface area contributed by atoms with Gasteiger partial charge in [-0.25, -0.2) is 4.98 Å². The Labute approximate surface area is 122 Å². The van der Waals surface area contributed by atoms with E-state index >= 15 is 0 Å². The first kappa shape index (κ1) is 13.3. The predicted octanol–water partition coefficient (Wildman–Crippen LogP) is 2.23. The minimum atomic E-state index is -0.0291. The van der Waals surface area contributed by atoms with Crippen molar-refractivity contribution in [1.29, 1.82) is 0 Å². The van der Waals surface area contributed by atoms with E-state index < -0.39 is 0 Å². The smallest absolute Gasteiger partial charge is 0.262 e. The van der Waals surface area contributed by atoms with Gasteiger partial charge < -0.3 is 4.42 Å². The van der Waals surface area contributed by atoms with Crippen LogP contribution in [0, 0.1) is 0 Å². The van der Waals surface area contributed by atoms with E-state index in [1.807, 2.05) is 12.3 Å². The first-order valence-corrected chi connectivity index (χ1v) is 7.94. The summed E-state index contributed by atoms with van der Waals surface area (Å²) in [4.78, 5) is 17.4. The molecule has 3 heterocycles. The number of aromatic nitrogens is 4. The lowest BCUT2D eigenvalue weighted by Gasteiger charge is -2.05. The summed E-state index contributed by atoms with van der Waals surface area (Å²) in [6.07, 6.45) is 0.718. The van der Waals surface area contributed by atoms with Gasteiger partial charge in [0.05, 0.1) is 11.1 Å². The average Bonchev–Trinajstić information content (AvgIpc) is 3.09. The lowest BCUT2D eigenvalue weighted by Crippen LogP contribution is -2.19. The molecule has 0 atom stereocenters. The lowest BCUT2D eigenvalue weighted by atomic mass is 10.4. The highest BCUT2D eigenvalue weighted by Crippen LogP contribution is 2.23. The fraction of sp³-hybridized carbons (Fsp3) is 0.333. The molecule has 0 amide bonds. The summed E-state index contributed by atoms with van der Waals surface area (Å²) in [6, 6.07) is 1.80. The molecule has 0 N–H and O–H groups in total. The molecule has 0 aliphatic rings. The Morgan fingerprint density at radius 1 is 1.40 bits per heavy atom. The van der Waals surface area contributed by atoms with Crippen molar-refractivity contribution in [2.75, 3.05) is 0 Å². The van der Waals surface area contributed by atoms with Gasteiger partial charge >= 0.3 is 0 Å². The summed E-state index contributed by atoms with van der Waals surface area (Å²) in [5.74, 6) is 1.67. The predicted molar refractivity (Wildman–Crippen MR) is 78.1 cm³/mol. The van der Waals surface area contributed by atoms with Crippen molar-refractivity contribution in [3.05, 3.63) is 33.6 Å². The number of rotatable bonds is 4. The molecule has 0 unspecified atom stereocenters. The van der Waals surface area contributed by atoms with Gasteiger partial charge in [0.1, 0.15) is 4.83 Å². The first-order chi connectivity index (χ1) is 9.69. The van der Waals surface area contributed by atoms with Crippen molar-refractivity contribution < 1.29 is 4.42 Å². The second-order valence-electron chi connectivity index (χ2n) is 4.13. The zero-order valence-electron chi connectivity index (χ0n) is 11.0. The van der Waals surface area contributed by atoms with E-state index in [9.17, 15) is 4.79 Å². The number of thiophene rings is 1. The monoisotopic (exact) mass is 308 g/mol. The molecular weight excluding hydrogens is 296 g/mol. The second-order valence-corrected chi connectivity index (χ2v) is 5.97. The van der Waals surface area contributed by atoms with E-state index in [0.717, 1.165) is 11.3 Å². The number of aryl methyl sites for hydroxylation is 1. The van der Waals surface area contributed by atoms with Crippen molar-refractivity contribution in [3.8, 4) is 0 Å². The number of nitrogens with zero attached hydrogens (tertiary/aromatic N) is 4. The molecule has 104 valence electrons. The molecule has 0 saturated carbocycles. The van der Waals surface area contributed by atoms with Crippen LogP contribution < -0.4 is 5.56 Å². The molecule has 0 aromatic carbocycles. The van der Waals surface area contributed by atoms with Gasteiger partial charge in [-0.3, -0.25) is 9.36 Å². The maximum Gasteiger partial charge on any atom is 0.262 e. The molecular formula is C12H12N4O2S2. The van der Waals surface area contributed by atoms with Gasteiger partial charge in [0, 0.05) is 13.5 Å².